The molecule has 1 saturated heterocycles. The molecule has 4 aromatic rings. The van der Waals surface area contributed by atoms with Crippen LogP contribution in [-0.4, -0.2) is 27.3 Å². The third-order valence-electron chi connectivity index (χ3n) is 5.98. The number of aromatic nitrogens is 1. The fourth-order valence-electron chi connectivity index (χ4n) is 4.38. The summed E-state index contributed by atoms with van der Waals surface area (Å²) in [6.45, 7) is 3.96. The molecule has 0 amide bonds. The molecule has 2 atom stereocenters. The Balaban J connectivity index is 1.57. The Labute approximate surface area is 224 Å². The van der Waals surface area contributed by atoms with E-state index in [4.69, 9.17) is 33.0 Å². The zero-order valence-corrected chi connectivity index (χ0v) is 21.7. The third-order valence-corrected chi connectivity index (χ3v) is 6.63. The zero-order valence-electron chi connectivity index (χ0n) is 20.1. The lowest BCUT2D eigenvalue weighted by molar-refractivity contribution is 0.0697. The van der Waals surface area contributed by atoms with E-state index in [1.54, 1.807) is 18.3 Å². The predicted octanol–water partition coefficient (Wildman–Crippen LogP) is 6.66. The Kier molecular flexibility index (Phi) is 6.86. The van der Waals surface area contributed by atoms with Gasteiger partial charge >= 0.3 is 5.97 Å². The fourth-order valence-corrected chi connectivity index (χ4v) is 4.94. The number of rotatable bonds is 7. The summed E-state index contributed by atoms with van der Waals surface area (Å²) in [7, 11) is 0. The summed E-state index contributed by atoms with van der Waals surface area (Å²) >= 11 is 12.2. The number of hydrogen-bond acceptors (Lipinski definition) is 5. The van der Waals surface area contributed by atoms with E-state index < -0.39 is 5.97 Å². The van der Waals surface area contributed by atoms with E-state index in [1.165, 1.54) is 12.1 Å². The Bertz CT molecular complexity index is 1440. The van der Waals surface area contributed by atoms with E-state index in [0.717, 1.165) is 17.1 Å². The quantitative estimate of drug-likeness (QED) is 0.255. The Morgan fingerprint density at radius 3 is 2.59 bits per heavy atom. The molecule has 1 fully saturated rings. The van der Waals surface area contributed by atoms with E-state index in [-0.39, 0.29) is 23.8 Å². The Morgan fingerprint density at radius 2 is 1.92 bits per heavy atom. The van der Waals surface area contributed by atoms with Crippen molar-refractivity contribution in [3.63, 3.8) is 0 Å². The molecule has 0 radical (unpaired) electrons. The highest BCUT2D eigenvalue weighted by Gasteiger charge is 2.42. The summed E-state index contributed by atoms with van der Waals surface area (Å²) in [4.78, 5) is 18.1. The molecule has 0 aliphatic carbocycles. The molecule has 37 heavy (non-hydrogen) atoms. The summed E-state index contributed by atoms with van der Waals surface area (Å²) in [6.07, 6.45) is 1.80. The standard InChI is InChI=1S/C28H24ClN3O4S/c1-16(2)35-19-9-7-18(8-10-19)32-26(25(31-28(32)37)22-5-3-4-14-30-22)24-13-12-23(36-24)20-15-17(27(33)34)6-11-21(20)29/h3-16,25-26H,1-2H3,(H,31,37)(H,33,34)/t25-,26-/m0/s1. The number of carboxylic acid groups (broad SMARTS) is 1. The van der Waals surface area contributed by atoms with Gasteiger partial charge in [0, 0.05) is 17.4 Å². The van der Waals surface area contributed by atoms with Crippen molar-refractivity contribution in [2.24, 2.45) is 0 Å². The van der Waals surface area contributed by atoms with Crippen LogP contribution < -0.4 is 15.0 Å². The monoisotopic (exact) mass is 533 g/mol. The molecule has 0 saturated carbocycles. The van der Waals surface area contributed by atoms with Crippen molar-refractivity contribution in [1.29, 1.82) is 0 Å². The molecular formula is C28H24ClN3O4S. The van der Waals surface area contributed by atoms with Gasteiger partial charge < -0.3 is 24.5 Å². The van der Waals surface area contributed by atoms with Crippen molar-refractivity contribution < 1.29 is 19.1 Å². The number of furan rings is 1. The van der Waals surface area contributed by atoms with Crippen molar-refractivity contribution in [3.05, 3.63) is 101 Å². The van der Waals surface area contributed by atoms with Gasteiger partial charge in [-0.05, 0) is 92.8 Å². The molecule has 0 bridgehead atoms. The van der Waals surface area contributed by atoms with Gasteiger partial charge in [-0.15, -0.1) is 0 Å². The first kappa shape index (κ1) is 24.8. The summed E-state index contributed by atoms with van der Waals surface area (Å²) < 4.78 is 12.1. The SMILES string of the molecule is CC(C)Oc1ccc(N2C(=S)N[C@@H](c3ccccn3)[C@@H]2c2ccc(-c3cc(C(=O)O)ccc3Cl)o2)cc1. The van der Waals surface area contributed by atoms with Crippen molar-refractivity contribution in [2.45, 2.75) is 32.0 Å². The molecule has 2 aromatic heterocycles. The van der Waals surface area contributed by atoms with Crippen molar-refractivity contribution in [1.82, 2.24) is 10.3 Å². The molecule has 9 heteroatoms. The van der Waals surface area contributed by atoms with E-state index in [9.17, 15) is 9.90 Å². The predicted molar refractivity (Wildman–Crippen MR) is 146 cm³/mol. The molecule has 5 rings (SSSR count). The van der Waals surface area contributed by atoms with Crippen molar-refractivity contribution >= 4 is 40.6 Å². The second-order valence-corrected chi connectivity index (χ2v) is 9.65. The lowest BCUT2D eigenvalue weighted by Crippen LogP contribution is -2.29. The maximum atomic E-state index is 11.5. The summed E-state index contributed by atoms with van der Waals surface area (Å²) in [5.74, 6) is 0.808. The number of carboxylic acids is 1. The van der Waals surface area contributed by atoms with Crippen LogP contribution in [0.25, 0.3) is 11.3 Å². The number of pyridine rings is 1. The molecular weight excluding hydrogens is 510 g/mol. The number of nitrogens with zero attached hydrogens (tertiary/aromatic N) is 2. The van der Waals surface area contributed by atoms with Crippen LogP contribution in [0, 0.1) is 0 Å². The van der Waals surface area contributed by atoms with Crippen LogP contribution in [-0.2, 0) is 0 Å². The summed E-state index contributed by atoms with van der Waals surface area (Å²) in [6, 6.07) is 21.0. The van der Waals surface area contributed by atoms with Gasteiger partial charge in [-0.3, -0.25) is 4.98 Å². The van der Waals surface area contributed by atoms with E-state index in [1.807, 2.05) is 67.3 Å². The van der Waals surface area contributed by atoms with Gasteiger partial charge in [-0.2, -0.15) is 0 Å². The van der Waals surface area contributed by atoms with E-state index in [2.05, 4.69) is 10.3 Å². The highest BCUT2D eigenvalue weighted by molar-refractivity contribution is 7.80. The molecule has 7 nitrogen and oxygen atoms in total. The first-order valence-electron chi connectivity index (χ1n) is 11.7. The van der Waals surface area contributed by atoms with Gasteiger partial charge in [0.25, 0.3) is 0 Å². The second kappa shape index (κ2) is 10.2. The smallest absolute Gasteiger partial charge is 0.335 e. The van der Waals surface area contributed by atoms with Crippen LogP contribution in [0.15, 0.2) is 83.4 Å². The largest absolute Gasteiger partial charge is 0.491 e. The van der Waals surface area contributed by atoms with Crippen molar-refractivity contribution in [3.8, 4) is 17.1 Å². The number of ether oxygens (including phenoxy) is 1. The molecule has 3 heterocycles. The number of benzene rings is 2. The summed E-state index contributed by atoms with van der Waals surface area (Å²) in [5, 5.41) is 13.7. The minimum Gasteiger partial charge on any atom is -0.491 e. The van der Waals surface area contributed by atoms with Gasteiger partial charge in [0.05, 0.1) is 28.4 Å². The number of carbonyl (C=O) groups is 1. The minimum absolute atomic E-state index is 0.0645. The molecule has 1 aliphatic rings. The highest BCUT2D eigenvalue weighted by atomic mass is 35.5. The van der Waals surface area contributed by atoms with Crippen LogP contribution in [0.2, 0.25) is 5.02 Å². The number of halogens is 1. The van der Waals surface area contributed by atoms with Gasteiger partial charge in [0.1, 0.15) is 23.3 Å². The zero-order chi connectivity index (χ0) is 26.1. The molecule has 0 unspecified atom stereocenters. The van der Waals surface area contributed by atoms with Gasteiger partial charge in [-0.1, -0.05) is 17.7 Å². The molecule has 2 aromatic carbocycles. The minimum atomic E-state index is -1.04. The van der Waals surface area contributed by atoms with E-state index >= 15 is 0 Å². The van der Waals surface area contributed by atoms with Crippen molar-refractivity contribution in [2.75, 3.05) is 4.90 Å². The van der Waals surface area contributed by atoms with Gasteiger partial charge in [-0.25, -0.2) is 4.79 Å². The number of nitrogens with one attached hydrogen (secondary N) is 1. The number of thiocarbonyl (C=S) groups is 1. The average Bonchev–Trinajstić information content (AvgIpc) is 3.49. The highest BCUT2D eigenvalue weighted by Crippen LogP contribution is 2.43. The van der Waals surface area contributed by atoms with Crippen LogP contribution in [0.1, 0.15) is 47.7 Å². The second-order valence-electron chi connectivity index (χ2n) is 8.86. The average molecular weight is 534 g/mol. The topological polar surface area (TPSA) is 87.8 Å². The van der Waals surface area contributed by atoms with Crippen LogP contribution in [0.3, 0.4) is 0 Å². The lowest BCUT2D eigenvalue weighted by atomic mass is 10.0. The van der Waals surface area contributed by atoms with Crippen LogP contribution in [0.5, 0.6) is 5.75 Å². The van der Waals surface area contributed by atoms with Crippen LogP contribution in [0.4, 0.5) is 5.69 Å². The first-order chi connectivity index (χ1) is 17.8. The van der Waals surface area contributed by atoms with Crippen LogP contribution >= 0.6 is 23.8 Å². The first-order valence-corrected chi connectivity index (χ1v) is 12.5. The van der Waals surface area contributed by atoms with E-state index in [0.29, 0.717) is 27.2 Å². The summed E-state index contributed by atoms with van der Waals surface area (Å²) in [5.41, 5.74) is 2.29. The molecule has 0 spiro atoms. The molecule has 188 valence electrons. The molecule has 1 aliphatic heterocycles. The fraction of sp³-hybridized carbons (Fsp3) is 0.179. The third kappa shape index (κ3) is 5.03. The number of anilines is 1. The Morgan fingerprint density at radius 1 is 1.14 bits per heavy atom. The number of hydrogen-bond donors (Lipinski definition) is 2. The molecule has 2 N–H and O–H groups in total. The maximum Gasteiger partial charge on any atom is 0.335 e. The maximum absolute atomic E-state index is 11.5. The Hall–Kier alpha value is -3.88. The number of aromatic carboxylic acids is 1. The van der Waals surface area contributed by atoms with Gasteiger partial charge in [0.15, 0.2) is 5.11 Å². The lowest BCUT2D eigenvalue weighted by Gasteiger charge is -2.26. The normalized spacial score (nSPS) is 17.2. The van der Waals surface area contributed by atoms with Gasteiger partial charge in [0.2, 0.25) is 0 Å².